The summed E-state index contributed by atoms with van der Waals surface area (Å²) in [4.78, 5) is 12.2. The molecule has 0 aliphatic heterocycles. The summed E-state index contributed by atoms with van der Waals surface area (Å²) in [6.07, 6.45) is 0. The molecule has 2 aromatic rings. The van der Waals surface area contributed by atoms with Crippen LogP contribution in [0.15, 0.2) is 40.9 Å². The summed E-state index contributed by atoms with van der Waals surface area (Å²) < 4.78 is 28.1. The van der Waals surface area contributed by atoms with Crippen LogP contribution in [-0.2, 0) is 0 Å². The first-order valence-corrected chi connectivity index (χ1v) is 7.19. The molecule has 110 valence electrons. The highest BCUT2D eigenvalue weighted by molar-refractivity contribution is 9.10. The first-order chi connectivity index (χ1) is 9.88. The molecule has 1 N–H and O–H groups in total. The molecule has 0 aliphatic carbocycles. The SMILES string of the molecule is Cc1cc(Br)cc(C(=O)NC(C)c2c(F)cccc2F)c1. The number of nitrogens with one attached hydrogen (secondary N) is 1. The quantitative estimate of drug-likeness (QED) is 0.862. The molecule has 2 nitrogen and oxygen atoms in total. The van der Waals surface area contributed by atoms with Gasteiger partial charge >= 0.3 is 0 Å². The van der Waals surface area contributed by atoms with Gasteiger partial charge < -0.3 is 5.32 Å². The van der Waals surface area contributed by atoms with Crippen molar-refractivity contribution in [3.8, 4) is 0 Å². The summed E-state index contributed by atoms with van der Waals surface area (Å²) in [5.41, 5.74) is 1.21. The van der Waals surface area contributed by atoms with Crippen molar-refractivity contribution in [2.75, 3.05) is 0 Å². The number of hydrogen-bond donors (Lipinski definition) is 1. The maximum absolute atomic E-state index is 13.7. The molecular weight excluding hydrogens is 340 g/mol. The Kier molecular flexibility index (Phi) is 4.73. The van der Waals surface area contributed by atoms with Crippen LogP contribution in [0.4, 0.5) is 8.78 Å². The third-order valence-corrected chi connectivity index (χ3v) is 3.54. The van der Waals surface area contributed by atoms with E-state index in [0.29, 0.717) is 5.56 Å². The van der Waals surface area contributed by atoms with Crippen molar-refractivity contribution in [1.82, 2.24) is 5.32 Å². The number of carbonyl (C=O) groups is 1. The molecule has 1 amide bonds. The molecule has 0 saturated heterocycles. The number of hydrogen-bond acceptors (Lipinski definition) is 1. The smallest absolute Gasteiger partial charge is 0.251 e. The van der Waals surface area contributed by atoms with Crippen LogP contribution in [0.2, 0.25) is 0 Å². The molecule has 1 unspecified atom stereocenters. The van der Waals surface area contributed by atoms with E-state index >= 15 is 0 Å². The number of halogens is 3. The first-order valence-electron chi connectivity index (χ1n) is 6.40. The van der Waals surface area contributed by atoms with E-state index in [4.69, 9.17) is 0 Å². The van der Waals surface area contributed by atoms with E-state index < -0.39 is 17.7 Å². The highest BCUT2D eigenvalue weighted by Gasteiger charge is 2.18. The Morgan fingerprint density at radius 3 is 2.38 bits per heavy atom. The predicted molar refractivity (Wildman–Crippen MR) is 81.1 cm³/mol. The normalized spacial score (nSPS) is 12.0. The van der Waals surface area contributed by atoms with Crippen molar-refractivity contribution in [3.63, 3.8) is 0 Å². The van der Waals surface area contributed by atoms with Crippen LogP contribution < -0.4 is 5.32 Å². The second-order valence-electron chi connectivity index (χ2n) is 4.85. The van der Waals surface area contributed by atoms with Gasteiger partial charge in [0.25, 0.3) is 5.91 Å². The molecule has 0 saturated carbocycles. The zero-order valence-electron chi connectivity index (χ0n) is 11.6. The van der Waals surface area contributed by atoms with Crippen molar-refractivity contribution in [2.24, 2.45) is 0 Å². The van der Waals surface area contributed by atoms with Gasteiger partial charge in [-0.25, -0.2) is 8.78 Å². The lowest BCUT2D eigenvalue weighted by molar-refractivity contribution is 0.0938. The fourth-order valence-corrected chi connectivity index (χ4v) is 2.75. The van der Waals surface area contributed by atoms with Crippen LogP contribution in [0.5, 0.6) is 0 Å². The van der Waals surface area contributed by atoms with Gasteiger partial charge in [0, 0.05) is 15.6 Å². The van der Waals surface area contributed by atoms with Crippen LogP contribution in [0.3, 0.4) is 0 Å². The van der Waals surface area contributed by atoms with E-state index in [1.54, 1.807) is 19.1 Å². The second kappa shape index (κ2) is 6.35. The molecule has 1 atom stereocenters. The van der Waals surface area contributed by atoms with Gasteiger partial charge in [-0.3, -0.25) is 4.79 Å². The summed E-state index contributed by atoms with van der Waals surface area (Å²) in [5, 5.41) is 2.61. The van der Waals surface area contributed by atoms with Gasteiger partial charge in [0.1, 0.15) is 11.6 Å². The molecule has 21 heavy (non-hydrogen) atoms. The molecule has 0 heterocycles. The van der Waals surface area contributed by atoms with Gasteiger partial charge in [-0.15, -0.1) is 0 Å². The van der Waals surface area contributed by atoms with Crippen LogP contribution in [0.25, 0.3) is 0 Å². The molecule has 0 aliphatic rings. The molecule has 0 fully saturated rings. The summed E-state index contributed by atoms with van der Waals surface area (Å²) >= 11 is 3.32. The molecule has 0 radical (unpaired) electrons. The standard InChI is InChI=1S/C16H14BrF2NO/c1-9-6-11(8-12(17)7-9)16(21)20-10(2)15-13(18)4-3-5-14(15)19/h3-8,10H,1-2H3,(H,20,21). The third-order valence-electron chi connectivity index (χ3n) is 3.08. The summed E-state index contributed by atoms with van der Waals surface area (Å²) in [5.74, 6) is -1.73. The summed E-state index contributed by atoms with van der Waals surface area (Å²) in [6, 6.07) is 8.11. The van der Waals surface area contributed by atoms with E-state index in [9.17, 15) is 13.6 Å². The highest BCUT2D eigenvalue weighted by atomic mass is 79.9. The average Bonchev–Trinajstić information content (AvgIpc) is 2.37. The van der Waals surface area contributed by atoms with Gasteiger partial charge in [-0.05, 0) is 49.7 Å². The molecule has 0 bridgehead atoms. The van der Waals surface area contributed by atoms with Gasteiger partial charge in [-0.1, -0.05) is 22.0 Å². The van der Waals surface area contributed by atoms with Gasteiger partial charge in [0.2, 0.25) is 0 Å². The number of benzene rings is 2. The minimum atomic E-state index is -0.766. The van der Waals surface area contributed by atoms with Crippen molar-refractivity contribution in [2.45, 2.75) is 19.9 Å². The first kappa shape index (κ1) is 15.6. The zero-order valence-corrected chi connectivity index (χ0v) is 13.2. The minimum Gasteiger partial charge on any atom is -0.345 e. The molecule has 2 rings (SSSR count). The molecule has 0 spiro atoms. The largest absolute Gasteiger partial charge is 0.345 e. The van der Waals surface area contributed by atoms with Crippen molar-refractivity contribution >= 4 is 21.8 Å². The topological polar surface area (TPSA) is 29.1 Å². The van der Waals surface area contributed by atoms with E-state index in [2.05, 4.69) is 21.2 Å². The fourth-order valence-electron chi connectivity index (χ4n) is 2.14. The van der Waals surface area contributed by atoms with Crippen LogP contribution in [0.1, 0.15) is 34.5 Å². The fraction of sp³-hybridized carbons (Fsp3) is 0.188. The number of carbonyl (C=O) groups excluding carboxylic acids is 1. The lowest BCUT2D eigenvalue weighted by Gasteiger charge is -2.16. The predicted octanol–water partition coefficient (Wildman–Crippen LogP) is 4.53. The van der Waals surface area contributed by atoms with Crippen molar-refractivity contribution < 1.29 is 13.6 Å². The Hall–Kier alpha value is -1.75. The molecule has 0 aromatic heterocycles. The number of amides is 1. The maximum atomic E-state index is 13.7. The summed E-state index contributed by atoms with van der Waals surface area (Å²) in [7, 11) is 0. The van der Waals surface area contributed by atoms with E-state index in [1.807, 2.05) is 13.0 Å². The van der Waals surface area contributed by atoms with E-state index in [1.165, 1.54) is 18.2 Å². The molecular formula is C16H14BrF2NO. The Morgan fingerprint density at radius 1 is 1.19 bits per heavy atom. The van der Waals surface area contributed by atoms with Crippen LogP contribution in [-0.4, -0.2) is 5.91 Å². The lowest BCUT2D eigenvalue weighted by atomic mass is 10.1. The molecule has 2 aromatic carbocycles. The second-order valence-corrected chi connectivity index (χ2v) is 5.76. The number of aryl methyl sites for hydroxylation is 1. The number of rotatable bonds is 3. The monoisotopic (exact) mass is 353 g/mol. The Bertz CT molecular complexity index is 647. The molecule has 5 heteroatoms. The van der Waals surface area contributed by atoms with Crippen LogP contribution in [0, 0.1) is 18.6 Å². The summed E-state index contributed by atoms with van der Waals surface area (Å²) in [6.45, 7) is 3.41. The van der Waals surface area contributed by atoms with Crippen molar-refractivity contribution in [1.29, 1.82) is 0 Å². The zero-order chi connectivity index (χ0) is 15.6. The van der Waals surface area contributed by atoms with Gasteiger partial charge in [0.05, 0.1) is 6.04 Å². The average molecular weight is 354 g/mol. The van der Waals surface area contributed by atoms with Crippen LogP contribution >= 0.6 is 15.9 Å². The maximum Gasteiger partial charge on any atom is 0.251 e. The van der Waals surface area contributed by atoms with Gasteiger partial charge in [0.15, 0.2) is 0 Å². The van der Waals surface area contributed by atoms with E-state index in [0.717, 1.165) is 10.0 Å². The minimum absolute atomic E-state index is 0.141. The highest BCUT2D eigenvalue weighted by Crippen LogP contribution is 2.21. The Balaban J connectivity index is 2.23. The van der Waals surface area contributed by atoms with E-state index in [-0.39, 0.29) is 11.5 Å². The lowest BCUT2D eigenvalue weighted by Crippen LogP contribution is -2.28. The van der Waals surface area contributed by atoms with Crippen molar-refractivity contribution in [3.05, 3.63) is 69.2 Å². The Labute approximate surface area is 130 Å². The van der Waals surface area contributed by atoms with Gasteiger partial charge in [-0.2, -0.15) is 0 Å². The third kappa shape index (κ3) is 3.67. The Morgan fingerprint density at radius 2 is 1.81 bits per heavy atom.